The lowest BCUT2D eigenvalue weighted by atomic mass is 9.96. The van der Waals surface area contributed by atoms with Crippen LogP contribution in [0.2, 0.25) is 0 Å². The summed E-state index contributed by atoms with van der Waals surface area (Å²) < 4.78 is 0. The van der Waals surface area contributed by atoms with Crippen molar-refractivity contribution in [2.45, 2.75) is 6.92 Å². The van der Waals surface area contributed by atoms with Crippen molar-refractivity contribution in [1.82, 2.24) is 0 Å². The zero-order valence-electron chi connectivity index (χ0n) is 19.1. The molecule has 0 unspecified atom stereocenters. The topological polar surface area (TPSA) is 0 Å². The van der Waals surface area contributed by atoms with Crippen LogP contribution in [0.1, 0.15) is 5.56 Å². The van der Waals surface area contributed by atoms with Crippen molar-refractivity contribution >= 4 is 50.4 Å². The zero-order valence-corrected chi connectivity index (χ0v) is 20.1. The molecule has 1 heteroatoms. The molecule has 0 saturated carbocycles. The minimum Gasteiger partial charge on any atom is -0.0623 e. The second kappa shape index (κ2) is 7.28. The number of benzene rings is 6. The Kier molecular flexibility index (Phi) is 4.18. The highest BCUT2D eigenvalue weighted by atomic mass is 28.3. The van der Waals surface area contributed by atoms with E-state index in [1.54, 1.807) is 0 Å². The van der Waals surface area contributed by atoms with Gasteiger partial charge in [-0.15, -0.1) is 0 Å². The van der Waals surface area contributed by atoms with Crippen LogP contribution >= 0.6 is 0 Å². The van der Waals surface area contributed by atoms with E-state index in [0.29, 0.717) is 0 Å². The fourth-order valence-corrected chi connectivity index (χ4v) is 11.3. The summed E-state index contributed by atoms with van der Waals surface area (Å²) in [6.07, 6.45) is 0. The van der Waals surface area contributed by atoms with Gasteiger partial charge in [0.2, 0.25) is 0 Å². The lowest BCUT2D eigenvalue weighted by Gasteiger charge is -2.31. The molecule has 0 saturated heterocycles. The third kappa shape index (κ3) is 2.59. The number of aryl methyl sites for hydroxylation is 1. The van der Waals surface area contributed by atoms with E-state index in [4.69, 9.17) is 0 Å². The largest absolute Gasteiger partial charge is 0.180 e. The van der Waals surface area contributed by atoms with Gasteiger partial charge in [-0.2, -0.15) is 0 Å². The molecule has 0 aliphatic carbocycles. The first-order chi connectivity index (χ1) is 16.8. The molecule has 0 nitrogen and oxygen atoms in total. The van der Waals surface area contributed by atoms with E-state index in [-0.39, 0.29) is 0 Å². The Morgan fingerprint density at radius 3 is 1.85 bits per heavy atom. The van der Waals surface area contributed by atoms with Crippen molar-refractivity contribution in [3.63, 3.8) is 0 Å². The maximum absolute atomic E-state index is 2.51. The molecule has 0 radical (unpaired) electrons. The van der Waals surface area contributed by atoms with E-state index in [2.05, 4.69) is 134 Å². The Hall–Kier alpha value is -3.94. The molecule has 7 rings (SSSR count). The fourth-order valence-electron chi connectivity index (χ4n) is 6.12. The Morgan fingerprint density at radius 1 is 0.471 bits per heavy atom. The van der Waals surface area contributed by atoms with Gasteiger partial charge in [0.15, 0.2) is 8.07 Å². The first-order valence-corrected chi connectivity index (χ1v) is 14.0. The second-order valence-corrected chi connectivity index (χ2v) is 13.2. The highest BCUT2D eigenvalue weighted by Gasteiger charge is 2.49. The van der Waals surface area contributed by atoms with Gasteiger partial charge in [0.25, 0.3) is 0 Å². The molecular formula is C33H24Si. The van der Waals surface area contributed by atoms with Crippen LogP contribution in [-0.4, -0.2) is 8.07 Å². The summed E-state index contributed by atoms with van der Waals surface area (Å²) >= 11 is 0. The van der Waals surface area contributed by atoms with Crippen LogP contribution in [0.25, 0.3) is 32.7 Å². The molecule has 6 aromatic rings. The van der Waals surface area contributed by atoms with Gasteiger partial charge in [-0.05, 0) is 66.4 Å². The minimum absolute atomic E-state index is 1.31. The standard InChI is InChI=1S/C33H24Si/c1-23-16-17-25-21-30-32(22-26(25)20-23)34(27-11-4-2-5-12-27,28-13-6-3-7-14-28)31-19-18-24-10-8-9-15-29(24)33(30)31/h2-22H,1H3. The van der Waals surface area contributed by atoms with Crippen LogP contribution in [0.4, 0.5) is 0 Å². The smallest absolute Gasteiger partial charge is 0.0623 e. The number of hydrogen-bond donors (Lipinski definition) is 0. The summed E-state index contributed by atoms with van der Waals surface area (Å²) in [6.45, 7) is 2.19. The summed E-state index contributed by atoms with van der Waals surface area (Å²) in [5.41, 5.74) is 4.14. The third-order valence-electron chi connectivity index (χ3n) is 7.55. The van der Waals surface area contributed by atoms with Crippen molar-refractivity contribution < 1.29 is 0 Å². The van der Waals surface area contributed by atoms with Gasteiger partial charge in [0, 0.05) is 0 Å². The Balaban J connectivity index is 1.74. The van der Waals surface area contributed by atoms with Crippen molar-refractivity contribution in [3.05, 3.63) is 133 Å². The van der Waals surface area contributed by atoms with Gasteiger partial charge in [0.1, 0.15) is 0 Å². The molecule has 34 heavy (non-hydrogen) atoms. The molecule has 0 amide bonds. The van der Waals surface area contributed by atoms with Crippen LogP contribution < -0.4 is 20.7 Å². The fraction of sp³-hybridized carbons (Fsp3) is 0.0303. The number of rotatable bonds is 2. The van der Waals surface area contributed by atoms with Crippen LogP contribution in [0.15, 0.2) is 127 Å². The lowest BCUT2D eigenvalue weighted by Crippen LogP contribution is -2.72. The van der Waals surface area contributed by atoms with Gasteiger partial charge >= 0.3 is 0 Å². The zero-order chi connectivity index (χ0) is 22.7. The van der Waals surface area contributed by atoms with Crippen molar-refractivity contribution in [3.8, 4) is 11.1 Å². The third-order valence-corrected chi connectivity index (χ3v) is 12.4. The van der Waals surface area contributed by atoms with Gasteiger partial charge in [-0.3, -0.25) is 0 Å². The average molecular weight is 449 g/mol. The van der Waals surface area contributed by atoms with Gasteiger partial charge in [-0.1, -0.05) is 127 Å². The molecule has 0 bridgehead atoms. The molecule has 0 N–H and O–H groups in total. The summed E-state index contributed by atoms with van der Waals surface area (Å²) in [5.74, 6) is 0. The molecule has 0 aromatic heterocycles. The quantitative estimate of drug-likeness (QED) is 0.299. The Morgan fingerprint density at radius 2 is 1.12 bits per heavy atom. The Bertz CT molecular complexity index is 1660. The summed E-state index contributed by atoms with van der Waals surface area (Å²) in [4.78, 5) is 0. The van der Waals surface area contributed by atoms with Crippen LogP contribution in [-0.2, 0) is 0 Å². The number of fused-ring (bicyclic) bond motifs is 6. The highest BCUT2D eigenvalue weighted by Crippen LogP contribution is 2.36. The van der Waals surface area contributed by atoms with Gasteiger partial charge in [0.05, 0.1) is 0 Å². The molecule has 1 aliphatic rings. The van der Waals surface area contributed by atoms with E-state index in [1.165, 1.54) is 59.0 Å². The molecule has 160 valence electrons. The predicted octanol–water partition coefficient (Wildman–Crippen LogP) is 5.66. The summed E-state index contributed by atoms with van der Waals surface area (Å²) in [6, 6.07) is 48.0. The lowest BCUT2D eigenvalue weighted by molar-refractivity contribution is 1.51. The van der Waals surface area contributed by atoms with E-state index < -0.39 is 8.07 Å². The normalized spacial score (nSPS) is 13.7. The highest BCUT2D eigenvalue weighted by molar-refractivity contribution is 7.22. The monoisotopic (exact) mass is 448 g/mol. The van der Waals surface area contributed by atoms with Crippen molar-refractivity contribution in [2.24, 2.45) is 0 Å². The first kappa shape index (κ1) is 19.5. The van der Waals surface area contributed by atoms with E-state index in [1.807, 2.05) is 0 Å². The number of hydrogen-bond acceptors (Lipinski definition) is 0. The predicted molar refractivity (Wildman–Crippen MR) is 149 cm³/mol. The minimum atomic E-state index is -2.48. The molecular weight excluding hydrogens is 424 g/mol. The van der Waals surface area contributed by atoms with Crippen molar-refractivity contribution in [1.29, 1.82) is 0 Å². The SMILES string of the molecule is Cc1ccc2cc3c(cc2c1)[Si](c1ccccc1)(c1ccccc1)c1ccc2ccccc2c1-3. The van der Waals surface area contributed by atoms with Crippen molar-refractivity contribution in [2.75, 3.05) is 0 Å². The first-order valence-electron chi connectivity index (χ1n) is 12.0. The van der Waals surface area contributed by atoms with Gasteiger partial charge < -0.3 is 0 Å². The van der Waals surface area contributed by atoms with Crippen LogP contribution in [0.3, 0.4) is 0 Å². The second-order valence-electron chi connectivity index (χ2n) is 9.44. The summed E-state index contributed by atoms with van der Waals surface area (Å²) in [7, 11) is -2.48. The van der Waals surface area contributed by atoms with Crippen LogP contribution in [0.5, 0.6) is 0 Å². The van der Waals surface area contributed by atoms with E-state index in [0.717, 1.165) is 0 Å². The molecule has 1 aliphatic heterocycles. The molecule has 0 fully saturated rings. The molecule has 6 aromatic carbocycles. The maximum Gasteiger partial charge on any atom is 0.180 e. The Labute approximate surface area is 201 Å². The van der Waals surface area contributed by atoms with Crippen LogP contribution in [0, 0.1) is 6.92 Å². The molecule has 0 atom stereocenters. The summed E-state index contributed by atoms with van der Waals surface area (Å²) in [5, 5.41) is 11.2. The van der Waals surface area contributed by atoms with E-state index in [9.17, 15) is 0 Å². The maximum atomic E-state index is 2.51. The molecule has 0 spiro atoms. The van der Waals surface area contributed by atoms with Gasteiger partial charge in [-0.25, -0.2) is 0 Å². The molecule has 1 heterocycles. The van der Waals surface area contributed by atoms with E-state index >= 15 is 0 Å². The average Bonchev–Trinajstić information content (AvgIpc) is 3.19.